The third-order valence-electron chi connectivity index (χ3n) is 5.55. The van der Waals surface area contributed by atoms with E-state index in [-0.39, 0.29) is 0 Å². The van der Waals surface area contributed by atoms with Crippen molar-refractivity contribution in [1.29, 1.82) is 0 Å². The second-order valence-electron chi connectivity index (χ2n) is 6.93. The third kappa shape index (κ3) is 3.48. The van der Waals surface area contributed by atoms with Crippen molar-refractivity contribution in [3.8, 4) is 0 Å². The number of aryl methyl sites for hydroxylation is 2. The summed E-state index contributed by atoms with van der Waals surface area (Å²) in [6.07, 6.45) is 13.2. The monoisotopic (exact) mass is 303 g/mol. The largest absolute Gasteiger partial charge is 0.309 e. The number of rotatable bonds is 5. The second-order valence-corrected chi connectivity index (χ2v) is 8.21. The average Bonchev–Trinajstić information content (AvgIpc) is 3.01. The van der Waals surface area contributed by atoms with E-state index in [0.717, 1.165) is 6.54 Å². The Kier molecular flexibility index (Phi) is 4.96. The number of nitrogens with one attached hydrogen (secondary N) is 1. The van der Waals surface area contributed by atoms with E-state index < -0.39 is 0 Å². The highest BCUT2D eigenvalue weighted by molar-refractivity contribution is 8.00. The van der Waals surface area contributed by atoms with Gasteiger partial charge in [0.05, 0.1) is 0 Å². The molecule has 0 spiro atoms. The number of fused-ring (bicyclic) bond motifs is 1. The second kappa shape index (κ2) is 6.75. The molecule has 1 nitrogen and oxygen atoms in total. The van der Waals surface area contributed by atoms with Crippen molar-refractivity contribution in [2.45, 2.75) is 69.1 Å². The van der Waals surface area contributed by atoms with E-state index in [9.17, 15) is 0 Å². The summed E-state index contributed by atoms with van der Waals surface area (Å²) >= 11 is 2.09. The van der Waals surface area contributed by atoms with Crippen molar-refractivity contribution in [1.82, 2.24) is 5.32 Å². The van der Waals surface area contributed by atoms with Gasteiger partial charge in [0.1, 0.15) is 0 Å². The fourth-order valence-corrected chi connectivity index (χ4v) is 4.89. The lowest BCUT2D eigenvalue weighted by Gasteiger charge is -2.37. The Morgan fingerprint density at radius 3 is 2.62 bits per heavy atom. The van der Waals surface area contributed by atoms with E-state index in [1.165, 1.54) is 56.9 Å². The van der Waals surface area contributed by atoms with Crippen LogP contribution in [0.15, 0.2) is 18.2 Å². The van der Waals surface area contributed by atoms with Gasteiger partial charge in [0.25, 0.3) is 0 Å². The highest BCUT2D eigenvalue weighted by Crippen LogP contribution is 2.38. The predicted octanol–water partition coefficient (Wildman–Crippen LogP) is 4.89. The molecule has 0 amide bonds. The Bertz CT molecular complexity index is 476. The van der Waals surface area contributed by atoms with Gasteiger partial charge in [-0.25, -0.2) is 0 Å². The molecule has 21 heavy (non-hydrogen) atoms. The zero-order valence-electron chi connectivity index (χ0n) is 13.6. The van der Waals surface area contributed by atoms with Crippen LogP contribution in [0.4, 0.5) is 0 Å². The van der Waals surface area contributed by atoms with Crippen molar-refractivity contribution in [3.63, 3.8) is 0 Å². The van der Waals surface area contributed by atoms with E-state index in [0.29, 0.717) is 10.8 Å². The Morgan fingerprint density at radius 2 is 1.86 bits per heavy atom. The van der Waals surface area contributed by atoms with Crippen LogP contribution >= 0.6 is 11.8 Å². The topological polar surface area (TPSA) is 12.0 Å². The lowest BCUT2D eigenvalue weighted by Crippen LogP contribution is -2.40. The van der Waals surface area contributed by atoms with Gasteiger partial charge >= 0.3 is 0 Å². The van der Waals surface area contributed by atoms with E-state index in [1.807, 2.05) is 0 Å². The van der Waals surface area contributed by atoms with Gasteiger partial charge in [0.2, 0.25) is 0 Å². The van der Waals surface area contributed by atoms with Crippen molar-refractivity contribution < 1.29 is 0 Å². The molecule has 116 valence electrons. The summed E-state index contributed by atoms with van der Waals surface area (Å²) in [7, 11) is 0. The first-order valence-electron chi connectivity index (χ1n) is 8.63. The molecule has 0 heterocycles. The minimum absolute atomic E-state index is 0.474. The fraction of sp³-hybridized carbons (Fsp3) is 0.684. The van der Waals surface area contributed by atoms with Gasteiger partial charge in [-0.05, 0) is 62.0 Å². The summed E-state index contributed by atoms with van der Waals surface area (Å²) < 4.78 is 0.489. The van der Waals surface area contributed by atoms with Gasteiger partial charge in [-0.3, -0.25) is 0 Å². The van der Waals surface area contributed by atoms with E-state index >= 15 is 0 Å². The molecule has 2 aliphatic rings. The van der Waals surface area contributed by atoms with Crippen LogP contribution in [0.5, 0.6) is 0 Å². The quantitative estimate of drug-likeness (QED) is 0.831. The van der Waals surface area contributed by atoms with Crippen LogP contribution in [0.3, 0.4) is 0 Å². The molecule has 0 aromatic heterocycles. The minimum Gasteiger partial charge on any atom is -0.309 e. The smallest absolute Gasteiger partial charge is 0.0292 e. The van der Waals surface area contributed by atoms with Crippen molar-refractivity contribution in [3.05, 3.63) is 34.9 Å². The van der Waals surface area contributed by atoms with Crippen molar-refractivity contribution >= 4 is 11.8 Å². The third-order valence-corrected chi connectivity index (χ3v) is 6.97. The molecule has 1 unspecified atom stereocenters. The normalized spacial score (nSPS) is 22.0. The van der Waals surface area contributed by atoms with Gasteiger partial charge in [-0.1, -0.05) is 37.5 Å². The molecule has 2 heteroatoms. The summed E-state index contributed by atoms with van der Waals surface area (Å²) in [4.78, 5) is 0. The number of benzene rings is 1. The summed E-state index contributed by atoms with van der Waals surface area (Å²) in [6, 6.07) is 7.63. The zero-order chi connectivity index (χ0) is 14.7. The van der Waals surface area contributed by atoms with Crippen LogP contribution in [0.1, 0.15) is 68.2 Å². The molecule has 3 rings (SSSR count). The standard InChI is InChI=1S/C19H29NS/c1-15(17-10-9-16-7-6-8-18(16)13-17)20-14-19(21-2)11-4-3-5-12-19/h9-10,13,15,20H,3-8,11-12,14H2,1-2H3. The van der Waals surface area contributed by atoms with E-state index in [4.69, 9.17) is 0 Å². The molecule has 1 N–H and O–H groups in total. The van der Waals surface area contributed by atoms with Gasteiger partial charge in [-0.2, -0.15) is 11.8 Å². The molecule has 0 radical (unpaired) electrons. The maximum atomic E-state index is 3.83. The van der Waals surface area contributed by atoms with Crippen LogP contribution in [0.2, 0.25) is 0 Å². The summed E-state index contributed by atoms with van der Waals surface area (Å²) in [5.74, 6) is 0. The molecular weight excluding hydrogens is 274 g/mol. The molecule has 1 atom stereocenters. The fourth-order valence-electron chi connectivity index (χ4n) is 3.97. The summed E-state index contributed by atoms with van der Waals surface area (Å²) in [6.45, 7) is 3.49. The first kappa shape index (κ1) is 15.4. The Morgan fingerprint density at radius 1 is 1.10 bits per heavy atom. The first-order valence-corrected chi connectivity index (χ1v) is 9.85. The van der Waals surface area contributed by atoms with E-state index in [1.54, 1.807) is 11.1 Å². The van der Waals surface area contributed by atoms with Gasteiger partial charge < -0.3 is 5.32 Å². The van der Waals surface area contributed by atoms with Crippen LogP contribution < -0.4 is 5.32 Å². The highest BCUT2D eigenvalue weighted by atomic mass is 32.2. The van der Waals surface area contributed by atoms with Crippen LogP contribution in [-0.2, 0) is 12.8 Å². The molecule has 1 fully saturated rings. The Hall–Kier alpha value is -0.470. The van der Waals surface area contributed by atoms with Crippen LogP contribution in [0, 0.1) is 0 Å². The van der Waals surface area contributed by atoms with Crippen LogP contribution in [-0.4, -0.2) is 17.5 Å². The average molecular weight is 304 g/mol. The summed E-state index contributed by atoms with van der Waals surface area (Å²) in [5, 5.41) is 3.83. The predicted molar refractivity (Wildman–Crippen MR) is 94.2 cm³/mol. The van der Waals surface area contributed by atoms with Crippen LogP contribution in [0.25, 0.3) is 0 Å². The number of hydrogen-bond acceptors (Lipinski definition) is 2. The molecule has 1 aromatic carbocycles. The van der Waals surface area contributed by atoms with Crippen molar-refractivity contribution in [2.24, 2.45) is 0 Å². The first-order chi connectivity index (χ1) is 10.2. The molecule has 1 saturated carbocycles. The Labute approximate surface area is 134 Å². The summed E-state index contributed by atoms with van der Waals surface area (Å²) in [5.41, 5.74) is 4.65. The van der Waals surface area contributed by atoms with Crippen molar-refractivity contribution in [2.75, 3.05) is 12.8 Å². The lowest BCUT2D eigenvalue weighted by molar-refractivity contribution is 0.367. The number of hydrogen-bond donors (Lipinski definition) is 1. The molecule has 2 aliphatic carbocycles. The zero-order valence-corrected chi connectivity index (χ0v) is 14.4. The molecular formula is C19H29NS. The Balaban J connectivity index is 1.62. The van der Waals surface area contributed by atoms with Gasteiger partial charge in [-0.15, -0.1) is 0 Å². The molecule has 0 aliphatic heterocycles. The maximum Gasteiger partial charge on any atom is 0.0292 e. The molecule has 0 bridgehead atoms. The maximum absolute atomic E-state index is 3.83. The highest BCUT2D eigenvalue weighted by Gasteiger charge is 2.31. The van der Waals surface area contributed by atoms with Gasteiger partial charge in [0, 0.05) is 17.3 Å². The number of thioether (sulfide) groups is 1. The SMILES string of the molecule is CSC1(CNC(C)c2ccc3c(c2)CCC3)CCCCC1. The van der Waals surface area contributed by atoms with Gasteiger partial charge in [0.15, 0.2) is 0 Å². The van der Waals surface area contributed by atoms with E-state index in [2.05, 4.69) is 48.5 Å². The molecule has 0 saturated heterocycles. The lowest BCUT2D eigenvalue weighted by atomic mass is 9.88. The molecule has 1 aromatic rings. The minimum atomic E-state index is 0.474.